The highest BCUT2D eigenvalue weighted by molar-refractivity contribution is 7.11. The van der Waals surface area contributed by atoms with Gasteiger partial charge in [0.05, 0.1) is 16.4 Å². The second-order valence-electron chi connectivity index (χ2n) is 2.18. The summed E-state index contributed by atoms with van der Waals surface area (Å²) in [5.41, 5.74) is 0. The van der Waals surface area contributed by atoms with Gasteiger partial charge in [-0.2, -0.15) is 0 Å². The highest BCUT2D eigenvalue weighted by Crippen LogP contribution is 2.20. The van der Waals surface area contributed by atoms with Crippen molar-refractivity contribution >= 4 is 22.9 Å². The van der Waals surface area contributed by atoms with Crippen molar-refractivity contribution in [2.24, 2.45) is 0 Å². The first kappa shape index (κ1) is 9.60. The molecule has 0 aliphatic heterocycles. The molecule has 0 saturated heterocycles. The molecule has 3 heteroatoms. The van der Waals surface area contributed by atoms with Crippen molar-refractivity contribution in [3.05, 3.63) is 21.3 Å². The Morgan fingerprint density at radius 2 is 2.50 bits per heavy atom. The van der Waals surface area contributed by atoms with E-state index < -0.39 is 0 Å². The minimum absolute atomic E-state index is 0.727. The Labute approximate surface area is 81.7 Å². The average molecular weight is 200 g/mol. The zero-order chi connectivity index (χ0) is 8.81. The van der Waals surface area contributed by atoms with Gasteiger partial charge in [-0.3, -0.25) is 0 Å². The molecule has 0 amide bonds. The van der Waals surface area contributed by atoms with E-state index in [4.69, 9.17) is 11.6 Å². The Morgan fingerprint density at radius 1 is 1.67 bits per heavy atom. The molecular weight excluding hydrogens is 190 g/mol. The fourth-order valence-corrected chi connectivity index (χ4v) is 1.67. The van der Waals surface area contributed by atoms with E-state index in [1.54, 1.807) is 11.3 Å². The summed E-state index contributed by atoms with van der Waals surface area (Å²) in [6, 6.07) is 1.86. The molecule has 0 saturated carbocycles. The van der Waals surface area contributed by atoms with Crippen LogP contribution in [0, 0.1) is 11.8 Å². The zero-order valence-corrected chi connectivity index (χ0v) is 8.43. The molecule has 1 nitrogen and oxygen atoms in total. The highest BCUT2D eigenvalue weighted by atomic mass is 35.5. The number of halogens is 1. The number of thiophene rings is 1. The molecule has 0 atom stereocenters. The van der Waals surface area contributed by atoms with Gasteiger partial charge in [-0.05, 0) is 18.0 Å². The van der Waals surface area contributed by atoms with Gasteiger partial charge in [0.15, 0.2) is 0 Å². The van der Waals surface area contributed by atoms with Crippen molar-refractivity contribution in [3.8, 4) is 11.8 Å². The molecule has 0 aliphatic rings. The molecule has 1 N–H and O–H groups in total. The molecule has 0 aliphatic carbocycles. The second-order valence-corrected chi connectivity index (χ2v) is 3.50. The van der Waals surface area contributed by atoms with Gasteiger partial charge in [0.25, 0.3) is 0 Å². The van der Waals surface area contributed by atoms with Gasteiger partial charge in [-0.25, -0.2) is 0 Å². The molecule has 0 bridgehead atoms. The van der Waals surface area contributed by atoms with E-state index in [1.807, 2.05) is 11.4 Å². The summed E-state index contributed by atoms with van der Waals surface area (Å²) in [4.78, 5) is 0.953. The van der Waals surface area contributed by atoms with Crippen molar-refractivity contribution in [1.82, 2.24) is 5.32 Å². The third-order valence-corrected chi connectivity index (χ3v) is 2.54. The van der Waals surface area contributed by atoms with E-state index in [1.165, 1.54) is 0 Å². The Kier molecular flexibility index (Phi) is 4.16. The van der Waals surface area contributed by atoms with E-state index >= 15 is 0 Å². The van der Waals surface area contributed by atoms with Crippen LogP contribution in [-0.4, -0.2) is 13.1 Å². The second kappa shape index (κ2) is 5.21. The molecule has 12 heavy (non-hydrogen) atoms. The van der Waals surface area contributed by atoms with E-state index in [0.717, 1.165) is 23.0 Å². The summed E-state index contributed by atoms with van der Waals surface area (Å²) in [6.45, 7) is 3.73. The maximum Gasteiger partial charge on any atom is 0.0955 e. The first-order chi connectivity index (χ1) is 5.84. The summed E-state index contributed by atoms with van der Waals surface area (Å²) in [5.74, 6) is 6.00. The van der Waals surface area contributed by atoms with Gasteiger partial charge in [-0.1, -0.05) is 30.4 Å². The van der Waals surface area contributed by atoms with E-state index in [-0.39, 0.29) is 0 Å². The topological polar surface area (TPSA) is 12.0 Å². The maximum atomic E-state index is 5.84. The molecule has 0 fully saturated rings. The molecule has 1 aromatic heterocycles. The fraction of sp³-hybridized carbons (Fsp3) is 0.333. The lowest BCUT2D eigenvalue weighted by Gasteiger charge is -1.88. The molecule has 1 rings (SSSR count). The minimum atomic E-state index is 0.727. The molecule has 0 radical (unpaired) electrons. The predicted molar refractivity (Wildman–Crippen MR) is 54.8 cm³/mol. The van der Waals surface area contributed by atoms with Crippen LogP contribution in [0.25, 0.3) is 0 Å². The average Bonchev–Trinajstić information content (AvgIpc) is 2.46. The molecular formula is C9H10ClNS. The van der Waals surface area contributed by atoms with Gasteiger partial charge in [0.1, 0.15) is 0 Å². The van der Waals surface area contributed by atoms with Crippen molar-refractivity contribution in [1.29, 1.82) is 0 Å². The lowest BCUT2D eigenvalue weighted by atomic mass is 10.4. The maximum absolute atomic E-state index is 5.84. The highest BCUT2D eigenvalue weighted by Gasteiger charge is 1.94. The Bertz CT molecular complexity index is 295. The summed E-state index contributed by atoms with van der Waals surface area (Å²) < 4.78 is 0. The fourth-order valence-electron chi connectivity index (χ4n) is 0.695. The Balaban J connectivity index is 2.49. The molecule has 0 aromatic carbocycles. The van der Waals surface area contributed by atoms with Gasteiger partial charge in [-0.15, -0.1) is 11.3 Å². The summed E-state index contributed by atoms with van der Waals surface area (Å²) in [5, 5.41) is 5.82. The first-order valence-electron chi connectivity index (χ1n) is 3.77. The van der Waals surface area contributed by atoms with Crippen LogP contribution >= 0.6 is 22.9 Å². The summed E-state index contributed by atoms with van der Waals surface area (Å²) in [6.07, 6.45) is 0. The minimum Gasteiger partial charge on any atom is -0.306 e. The lowest BCUT2D eigenvalue weighted by molar-refractivity contribution is 0.811. The van der Waals surface area contributed by atoms with Crippen LogP contribution < -0.4 is 5.32 Å². The number of nitrogens with one attached hydrogen (secondary N) is 1. The number of rotatable bonds is 2. The quantitative estimate of drug-likeness (QED) is 0.570. The third-order valence-electron chi connectivity index (χ3n) is 1.28. The molecule has 64 valence electrons. The predicted octanol–water partition coefficient (Wildman–Crippen LogP) is 2.36. The first-order valence-corrected chi connectivity index (χ1v) is 5.03. The third kappa shape index (κ3) is 2.86. The van der Waals surface area contributed by atoms with Crippen molar-refractivity contribution in [2.45, 2.75) is 6.92 Å². The normalized spacial score (nSPS) is 9.17. The molecule has 0 unspecified atom stereocenters. The van der Waals surface area contributed by atoms with Crippen LogP contribution in [0.2, 0.25) is 5.02 Å². The molecule has 1 aromatic rings. The van der Waals surface area contributed by atoms with E-state index in [9.17, 15) is 0 Å². The van der Waals surface area contributed by atoms with Gasteiger partial charge < -0.3 is 5.32 Å². The van der Waals surface area contributed by atoms with Gasteiger partial charge in [0.2, 0.25) is 0 Å². The van der Waals surface area contributed by atoms with E-state index in [2.05, 4.69) is 24.1 Å². The van der Waals surface area contributed by atoms with Crippen LogP contribution in [0.3, 0.4) is 0 Å². The zero-order valence-electron chi connectivity index (χ0n) is 6.86. The van der Waals surface area contributed by atoms with Gasteiger partial charge in [0, 0.05) is 0 Å². The summed E-state index contributed by atoms with van der Waals surface area (Å²) >= 11 is 7.41. The van der Waals surface area contributed by atoms with Crippen molar-refractivity contribution in [3.63, 3.8) is 0 Å². The number of hydrogen-bond donors (Lipinski definition) is 1. The van der Waals surface area contributed by atoms with Crippen LogP contribution in [-0.2, 0) is 0 Å². The van der Waals surface area contributed by atoms with E-state index in [0.29, 0.717) is 0 Å². The smallest absolute Gasteiger partial charge is 0.0955 e. The van der Waals surface area contributed by atoms with Crippen LogP contribution in [0.15, 0.2) is 11.4 Å². The largest absolute Gasteiger partial charge is 0.306 e. The molecule has 0 spiro atoms. The molecule has 1 heterocycles. The monoisotopic (exact) mass is 199 g/mol. The summed E-state index contributed by atoms with van der Waals surface area (Å²) in [7, 11) is 0. The number of hydrogen-bond acceptors (Lipinski definition) is 2. The van der Waals surface area contributed by atoms with Gasteiger partial charge >= 0.3 is 0 Å². The van der Waals surface area contributed by atoms with Crippen LogP contribution in [0.4, 0.5) is 0 Å². The SMILES string of the molecule is CCNCC#Cc1sccc1Cl. The standard InChI is InChI=1S/C9H10ClNS/c1-2-11-6-3-4-9-8(10)5-7-12-9/h5,7,11H,2,6H2,1H3. The van der Waals surface area contributed by atoms with Crippen molar-refractivity contribution < 1.29 is 0 Å². The van der Waals surface area contributed by atoms with Crippen LogP contribution in [0.5, 0.6) is 0 Å². The van der Waals surface area contributed by atoms with Crippen molar-refractivity contribution in [2.75, 3.05) is 13.1 Å². The Morgan fingerprint density at radius 3 is 3.08 bits per heavy atom. The Hall–Kier alpha value is -0.490. The van der Waals surface area contributed by atoms with Crippen LogP contribution in [0.1, 0.15) is 11.8 Å². The lowest BCUT2D eigenvalue weighted by Crippen LogP contribution is -2.11.